The van der Waals surface area contributed by atoms with Gasteiger partial charge in [0.05, 0.1) is 5.50 Å². The number of piperidine rings is 1. The quantitative estimate of drug-likeness (QED) is 0.410. The number of alkyl halides is 2. The van der Waals surface area contributed by atoms with Gasteiger partial charge < -0.3 is 5.32 Å². The molecule has 2 atom stereocenters. The minimum atomic E-state index is 0.109. The smallest absolute Gasteiger partial charge is 0.0889 e. The van der Waals surface area contributed by atoms with Crippen molar-refractivity contribution in [1.29, 1.82) is 0 Å². The van der Waals surface area contributed by atoms with E-state index < -0.39 is 0 Å². The summed E-state index contributed by atoms with van der Waals surface area (Å²) in [5.41, 5.74) is 0.283. The Morgan fingerprint density at radius 3 is 2.36 bits per heavy atom. The van der Waals surface area contributed by atoms with Gasteiger partial charge in [-0.3, -0.25) is 0 Å². The Labute approximate surface area is 87.4 Å². The van der Waals surface area contributed by atoms with Crippen LogP contribution in [0.2, 0.25) is 0 Å². The summed E-state index contributed by atoms with van der Waals surface area (Å²) >= 11 is 8.70. The molecule has 0 radical (unpaired) electrons. The third kappa shape index (κ3) is 1.68. The SMILES string of the molecule is CC1(I)CCNC(Cl)C1(C)C. The molecule has 0 bridgehead atoms. The summed E-state index contributed by atoms with van der Waals surface area (Å²) in [4.78, 5) is 0. The predicted octanol–water partition coefficient (Wildman–Crippen LogP) is 2.76. The average molecular weight is 288 g/mol. The molecule has 0 spiro atoms. The Morgan fingerprint density at radius 1 is 1.45 bits per heavy atom. The molecule has 0 saturated carbocycles. The Morgan fingerprint density at radius 2 is 2.00 bits per heavy atom. The molecule has 1 nitrogen and oxygen atoms in total. The average Bonchev–Trinajstić information content (AvgIpc) is 1.84. The van der Waals surface area contributed by atoms with Crippen molar-refractivity contribution in [2.75, 3.05) is 6.54 Å². The van der Waals surface area contributed by atoms with Gasteiger partial charge in [0.1, 0.15) is 0 Å². The van der Waals surface area contributed by atoms with E-state index in [1.54, 1.807) is 0 Å². The molecule has 0 amide bonds. The first-order valence-electron chi connectivity index (χ1n) is 3.94. The van der Waals surface area contributed by atoms with Crippen LogP contribution in [-0.2, 0) is 0 Å². The van der Waals surface area contributed by atoms with Gasteiger partial charge in [-0.1, -0.05) is 36.4 Å². The maximum atomic E-state index is 6.18. The zero-order valence-corrected chi connectivity index (χ0v) is 10.2. The van der Waals surface area contributed by atoms with Gasteiger partial charge in [-0.05, 0) is 19.9 Å². The highest BCUT2D eigenvalue weighted by molar-refractivity contribution is 14.1. The molecule has 0 aromatic heterocycles. The fourth-order valence-electron chi connectivity index (χ4n) is 1.28. The fourth-order valence-corrected chi connectivity index (χ4v) is 2.39. The Bertz CT molecular complexity index is 156. The number of rotatable bonds is 0. The molecule has 66 valence electrons. The lowest BCUT2D eigenvalue weighted by molar-refractivity contribution is 0.193. The molecule has 1 heterocycles. The van der Waals surface area contributed by atoms with Gasteiger partial charge >= 0.3 is 0 Å². The minimum absolute atomic E-state index is 0.109. The Balaban J connectivity index is 2.82. The van der Waals surface area contributed by atoms with Crippen LogP contribution in [0, 0.1) is 5.41 Å². The van der Waals surface area contributed by atoms with Gasteiger partial charge in [0.2, 0.25) is 0 Å². The van der Waals surface area contributed by atoms with Crippen LogP contribution < -0.4 is 5.32 Å². The molecule has 1 saturated heterocycles. The first kappa shape index (κ1) is 10.1. The van der Waals surface area contributed by atoms with E-state index in [1.165, 1.54) is 6.42 Å². The van der Waals surface area contributed by atoms with Crippen molar-refractivity contribution in [3.8, 4) is 0 Å². The van der Waals surface area contributed by atoms with E-state index in [2.05, 4.69) is 48.7 Å². The molecular formula is C8H15ClIN. The van der Waals surface area contributed by atoms with Crippen molar-refractivity contribution in [2.24, 2.45) is 5.41 Å². The monoisotopic (exact) mass is 287 g/mol. The number of nitrogens with one attached hydrogen (secondary N) is 1. The first-order valence-corrected chi connectivity index (χ1v) is 5.46. The first-order chi connectivity index (χ1) is 4.88. The second-order valence-electron chi connectivity index (χ2n) is 3.99. The molecule has 11 heavy (non-hydrogen) atoms. The van der Waals surface area contributed by atoms with E-state index in [4.69, 9.17) is 11.6 Å². The molecule has 1 N–H and O–H groups in total. The van der Waals surface area contributed by atoms with E-state index in [0.29, 0.717) is 3.42 Å². The summed E-state index contributed by atoms with van der Waals surface area (Å²) < 4.78 is 0.322. The zero-order valence-electron chi connectivity index (χ0n) is 7.25. The maximum absolute atomic E-state index is 6.18. The molecule has 0 aromatic rings. The lowest BCUT2D eigenvalue weighted by Gasteiger charge is -2.47. The van der Waals surface area contributed by atoms with Gasteiger partial charge in [0, 0.05) is 8.84 Å². The highest BCUT2D eigenvalue weighted by Gasteiger charge is 2.46. The Kier molecular flexibility index (Phi) is 2.78. The lowest BCUT2D eigenvalue weighted by atomic mass is 9.75. The van der Waals surface area contributed by atoms with Crippen molar-refractivity contribution in [1.82, 2.24) is 5.32 Å². The van der Waals surface area contributed by atoms with E-state index in [0.717, 1.165) is 6.54 Å². The second-order valence-corrected chi connectivity index (χ2v) is 6.80. The second kappa shape index (κ2) is 3.04. The molecule has 2 unspecified atom stereocenters. The third-order valence-corrected chi connectivity index (χ3v) is 5.52. The van der Waals surface area contributed by atoms with Crippen LogP contribution in [0.15, 0.2) is 0 Å². The summed E-state index contributed by atoms with van der Waals surface area (Å²) in [7, 11) is 0. The predicted molar refractivity (Wildman–Crippen MR) is 58.5 cm³/mol. The normalized spacial score (nSPS) is 43.9. The van der Waals surface area contributed by atoms with Crippen LogP contribution >= 0.6 is 34.2 Å². The summed E-state index contributed by atoms with van der Waals surface area (Å²) in [6, 6.07) is 0. The van der Waals surface area contributed by atoms with Crippen molar-refractivity contribution in [3.63, 3.8) is 0 Å². The molecule has 3 heteroatoms. The van der Waals surface area contributed by atoms with E-state index >= 15 is 0 Å². The van der Waals surface area contributed by atoms with Crippen LogP contribution in [0.1, 0.15) is 27.2 Å². The lowest BCUT2D eigenvalue weighted by Crippen LogP contribution is -2.55. The zero-order chi connectivity index (χ0) is 8.70. The molecule has 1 aliphatic heterocycles. The minimum Gasteiger partial charge on any atom is -0.301 e. The topological polar surface area (TPSA) is 12.0 Å². The Hall–Kier alpha value is 0.980. The van der Waals surface area contributed by atoms with E-state index in [9.17, 15) is 0 Å². The van der Waals surface area contributed by atoms with Gasteiger partial charge in [0.15, 0.2) is 0 Å². The highest BCUT2D eigenvalue weighted by Crippen LogP contribution is 2.47. The number of hydrogen-bond donors (Lipinski definition) is 1. The molecule has 0 aromatic carbocycles. The van der Waals surface area contributed by atoms with E-state index in [1.807, 2.05) is 0 Å². The van der Waals surface area contributed by atoms with E-state index in [-0.39, 0.29) is 10.9 Å². The van der Waals surface area contributed by atoms with Crippen molar-refractivity contribution in [2.45, 2.75) is 36.1 Å². The summed E-state index contributed by atoms with van der Waals surface area (Å²) in [6.45, 7) is 7.77. The molecular weight excluding hydrogens is 272 g/mol. The standard InChI is InChI=1S/C8H15ClIN/c1-7(2)6(9)11-5-4-8(7,3)10/h6,11H,4-5H2,1-3H3. The van der Waals surface area contributed by atoms with Gasteiger partial charge in [-0.2, -0.15) is 0 Å². The highest BCUT2D eigenvalue weighted by atomic mass is 127. The van der Waals surface area contributed by atoms with Crippen LogP contribution in [0.25, 0.3) is 0 Å². The van der Waals surface area contributed by atoms with Gasteiger partial charge in [0.25, 0.3) is 0 Å². The number of halogens is 2. The van der Waals surface area contributed by atoms with Crippen LogP contribution in [0.5, 0.6) is 0 Å². The number of hydrogen-bond acceptors (Lipinski definition) is 1. The van der Waals surface area contributed by atoms with Crippen LogP contribution in [0.3, 0.4) is 0 Å². The maximum Gasteiger partial charge on any atom is 0.0889 e. The van der Waals surface area contributed by atoms with Gasteiger partial charge in [-0.25, -0.2) is 0 Å². The van der Waals surface area contributed by atoms with Crippen LogP contribution in [-0.4, -0.2) is 15.5 Å². The van der Waals surface area contributed by atoms with Crippen LogP contribution in [0.4, 0.5) is 0 Å². The summed E-state index contributed by atoms with van der Waals surface area (Å²) in [5.74, 6) is 0. The molecule has 0 aliphatic carbocycles. The van der Waals surface area contributed by atoms with Crippen molar-refractivity contribution in [3.05, 3.63) is 0 Å². The van der Waals surface area contributed by atoms with Crippen molar-refractivity contribution >= 4 is 34.2 Å². The largest absolute Gasteiger partial charge is 0.301 e. The van der Waals surface area contributed by atoms with Gasteiger partial charge in [-0.15, -0.1) is 11.6 Å². The molecule has 1 aliphatic rings. The third-order valence-electron chi connectivity index (χ3n) is 2.90. The molecule has 1 fully saturated rings. The summed E-state index contributed by atoms with van der Waals surface area (Å²) in [5, 5.41) is 3.29. The van der Waals surface area contributed by atoms with Crippen molar-refractivity contribution < 1.29 is 0 Å². The summed E-state index contributed by atoms with van der Waals surface area (Å²) in [6.07, 6.45) is 1.20. The fraction of sp³-hybridized carbons (Fsp3) is 1.00. The molecule has 1 rings (SSSR count).